The first kappa shape index (κ1) is 21.4. The monoisotopic (exact) mass is 462 g/mol. The second-order valence-electron chi connectivity index (χ2n) is 5.06. The predicted octanol–water partition coefficient (Wildman–Crippen LogP) is 4.31. The molecule has 0 radical (unpaired) electrons. The predicted molar refractivity (Wildman–Crippen MR) is 94.6 cm³/mol. The largest absolute Gasteiger partial charge is 0.573 e. The van der Waals surface area contributed by atoms with Crippen molar-refractivity contribution in [3.8, 4) is 5.75 Å². The Kier molecular flexibility index (Phi) is 6.73. The van der Waals surface area contributed by atoms with E-state index in [1.54, 1.807) is 0 Å². The summed E-state index contributed by atoms with van der Waals surface area (Å²) in [4.78, 5) is 24.4. The van der Waals surface area contributed by atoms with Crippen molar-refractivity contribution in [2.75, 3.05) is 12.5 Å². The van der Waals surface area contributed by atoms with E-state index in [0.717, 1.165) is 25.3 Å². The summed E-state index contributed by atoms with van der Waals surface area (Å²) in [6, 6.07) is 8.12. The quantitative estimate of drug-likeness (QED) is 0.173. The molecule has 0 atom stereocenters. The fraction of sp³-hybridized carbons (Fsp3) is 0.118. The number of hydrogen-bond acceptors (Lipinski definition) is 6. The summed E-state index contributed by atoms with van der Waals surface area (Å²) in [6.45, 7) is 0. The fourth-order valence-corrected chi connectivity index (χ4v) is 2.49. The summed E-state index contributed by atoms with van der Waals surface area (Å²) in [6.07, 6.45) is -4.84. The minimum absolute atomic E-state index is 0.0998. The van der Waals surface area contributed by atoms with Crippen LogP contribution in [0.4, 0.5) is 23.2 Å². The first-order valence-corrected chi connectivity index (χ1v) is 8.18. The van der Waals surface area contributed by atoms with Gasteiger partial charge >= 0.3 is 12.3 Å². The molecule has 2 aromatic rings. The lowest BCUT2D eigenvalue weighted by Crippen LogP contribution is -2.28. The Balaban J connectivity index is 2.28. The fourth-order valence-electron chi connectivity index (χ4n) is 1.97. The minimum atomic E-state index is -4.84. The van der Waals surface area contributed by atoms with Gasteiger partial charge in [0.05, 0.1) is 18.4 Å². The molecule has 0 saturated carbocycles. The van der Waals surface area contributed by atoms with Gasteiger partial charge < -0.3 is 9.47 Å². The normalized spacial score (nSPS) is 11.7. The van der Waals surface area contributed by atoms with Crippen molar-refractivity contribution in [2.24, 2.45) is 5.10 Å². The first-order valence-electron chi connectivity index (χ1n) is 7.39. The maximum absolute atomic E-state index is 14.0. The van der Waals surface area contributed by atoms with E-state index < -0.39 is 41.0 Å². The van der Waals surface area contributed by atoms with Crippen LogP contribution in [0.15, 0.2) is 52.0 Å². The number of hydrogen-bond donors (Lipinski definition) is 1. The van der Waals surface area contributed by atoms with Crippen LogP contribution in [0.2, 0.25) is 0 Å². The summed E-state index contributed by atoms with van der Waals surface area (Å²) >= 11 is 3.02. The van der Waals surface area contributed by atoms with Gasteiger partial charge in [0.2, 0.25) is 11.5 Å². The zero-order valence-electron chi connectivity index (χ0n) is 14.0. The first-order chi connectivity index (χ1) is 13.1. The molecule has 0 saturated heterocycles. The molecule has 0 aliphatic carbocycles. The number of ether oxygens (including phenoxy) is 2. The average Bonchev–Trinajstić information content (AvgIpc) is 2.61. The highest BCUT2D eigenvalue weighted by molar-refractivity contribution is 9.10. The van der Waals surface area contributed by atoms with E-state index in [1.807, 2.05) is 0 Å². The zero-order chi connectivity index (χ0) is 20.9. The molecule has 0 bridgehead atoms. The average molecular weight is 463 g/mol. The molecule has 0 spiro atoms. The molecule has 6 nitrogen and oxygen atoms in total. The summed E-state index contributed by atoms with van der Waals surface area (Å²) in [7, 11) is 1.00. The molecule has 0 heterocycles. The van der Waals surface area contributed by atoms with Gasteiger partial charge in [-0.25, -0.2) is 9.18 Å². The number of anilines is 1. The lowest BCUT2D eigenvalue weighted by atomic mass is 10.1. The van der Waals surface area contributed by atoms with Crippen LogP contribution in [-0.2, 0) is 9.53 Å². The number of halogens is 5. The lowest BCUT2D eigenvalue weighted by molar-refractivity contribution is -0.274. The number of nitrogens with one attached hydrogen (secondary N) is 1. The molecule has 28 heavy (non-hydrogen) atoms. The Hall–Kier alpha value is -2.95. The molecule has 2 aromatic carbocycles. The van der Waals surface area contributed by atoms with Crippen molar-refractivity contribution in [1.82, 2.24) is 0 Å². The Bertz CT molecular complexity index is 894. The van der Waals surface area contributed by atoms with Crippen molar-refractivity contribution in [2.45, 2.75) is 6.36 Å². The van der Waals surface area contributed by atoms with Crippen molar-refractivity contribution in [3.05, 3.63) is 58.3 Å². The Morgan fingerprint density at radius 2 is 1.75 bits per heavy atom. The summed E-state index contributed by atoms with van der Waals surface area (Å²) in [5.41, 5.74) is 1.28. The van der Waals surface area contributed by atoms with Crippen molar-refractivity contribution in [1.29, 1.82) is 0 Å². The highest BCUT2D eigenvalue weighted by atomic mass is 79.9. The topological polar surface area (TPSA) is 77.0 Å². The van der Waals surface area contributed by atoms with Gasteiger partial charge in [0.15, 0.2) is 0 Å². The Morgan fingerprint density at radius 3 is 2.29 bits per heavy atom. The molecule has 0 aliphatic rings. The number of hydrazone groups is 1. The van der Waals surface area contributed by atoms with E-state index in [-0.39, 0.29) is 10.2 Å². The number of ketones is 1. The molecular formula is C17H11BrF4N2O4. The summed E-state index contributed by atoms with van der Waals surface area (Å²) in [5.74, 6) is -3.54. The number of methoxy groups -OCH3 is 1. The molecule has 2 rings (SSSR count). The van der Waals surface area contributed by atoms with E-state index in [1.165, 1.54) is 24.3 Å². The third-order valence-corrected chi connectivity index (χ3v) is 3.83. The number of alkyl halides is 3. The van der Waals surface area contributed by atoms with Crippen molar-refractivity contribution >= 4 is 39.1 Å². The minimum Gasteiger partial charge on any atom is -0.464 e. The van der Waals surface area contributed by atoms with Crippen molar-refractivity contribution < 1.29 is 36.6 Å². The van der Waals surface area contributed by atoms with Crippen LogP contribution in [0.5, 0.6) is 5.75 Å². The van der Waals surface area contributed by atoms with Gasteiger partial charge in [-0.3, -0.25) is 10.2 Å². The van der Waals surface area contributed by atoms with E-state index in [4.69, 9.17) is 0 Å². The van der Waals surface area contributed by atoms with Gasteiger partial charge in [-0.1, -0.05) is 6.07 Å². The van der Waals surface area contributed by atoms with Crippen LogP contribution in [0, 0.1) is 5.82 Å². The molecular weight excluding hydrogens is 452 g/mol. The van der Waals surface area contributed by atoms with Gasteiger partial charge in [-0.05, 0) is 52.3 Å². The van der Waals surface area contributed by atoms with Crippen LogP contribution in [0.25, 0.3) is 0 Å². The number of nitrogens with zero attached hydrogens (tertiary/aromatic N) is 1. The Morgan fingerprint density at radius 1 is 1.11 bits per heavy atom. The number of esters is 1. The highest BCUT2D eigenvalue weighted by Crippen LogP contribution is 2.24. The lowest BCUT2D eigenvalue weighted by Gasteiger charge is -2.10. The highest BCUT2D eigenvalue weighted by Gasteiger charge is 2.31. The van der Waals surface area contributed by atoms with Crippen molar-refractivity contribution in [3.63, 3.8) is 0 Å². The van der Waals surface area contributed by atoms with Gasteiger partial charge in [0, 0.05) is 4.47 Å². The van der Waals surface area contributed by atoms with Crippen LogP contribution in [-0.4, -0.2) is 30.9 Å². The van der Waals surface area contributed by atoms with Gasteiger partial charge in [-0.15, -0.1) is 13.2 Å². The number of benzene rings is 2. The van der Waals surface area contributed by atoms with Gasteiger partial charge in [-0.2, -0.15) is 5.10 Å². The molecule has 0 amide bonds. The number of carbonyl (C=O) groups is 2. The van der Waals surface area contributed by atoms with Crippen LogP contribution in [0.1, 0.15) is 10.4 Å². The van der Waals surface area contributed by atoms with Gasteiger partial charge in [0.25, 0.3) is 0 Å². The number of carbonyl (C=O) groups excluding carboxylic acids is 2. The third-order valence-electron chi connectivity index (χ3n) is 3.17. The van der Waals surface area contributed by atoms with E-state index >= 15 is 0 Å². The molecule has 1 N–H and O–H groups in total. The standard InChI is InChI=1S/C17H11BrF4N2O4/c1-27-16(26)14(15(25)13-11(18)3-2-4-12(13)19)24-23-9-5-7-10(8-6-9)28-17(20,21)22/h2-8,23H,1H3/b24-14-. The maximum Gasteiger partial charge on any atom is 0.573 e. The van der Waals surface area contributed by atoms with Crippen LogP contribution >= 0.6 is 15.9 Å². The summed E-state index contributed by atoms with van der Waals surface area (Å²) < 4.78 is 58.8. The molecule has 11 heteroatoms. The molecule has 148 valence electrons. The molecule has 0 fully saturated rings. The van der Waals surface area contributed by atoms with E-state index in [0.29, 0.717) is 0 Å². The second-order valence-corrected chi connectivity index (χ2v) is 5.92. The molecule has 0 aliphatic heterocycles. The number of Topliss-reactive ketones (excluding diaryl/α,β-unsaturated/α-hetero) is 1. The van der Waals surface area contributed by atoms with E-state index in [2.05, 4.69) is 35.9 Å². The van der Waals surface area contributed by atoms with Crippen LogP contribution in [0.3, 0.4) is 0 Å². The second kappa shape index (κ2) is 8.83. The number of rotatable bonds is 6. The molecule has 0 unspecified atom stereocenters. The Labute approximate surface area is 164 Å². The summed E-state index contributed by atoms with van der Waals surface area (Å²) in [5, 5.41) is 3.62. The molecule has 0 aromatic heterocycles. The maximum atomic E-state index is 14.0. The van der Waals surface area contributed by atoms with Crippen LogP contribution < -0.4 is 10.2 Å². The third kappa shape index (κ3) is 5.52. The van der Waals surface area contributed by atoms with Gasteiger partial charge in [0.1, 0.15) is 11.6 Å². The zero-order valence-corrected chi connectivity index (χ0v) is 15.6. The smallest absolute Gasteiger partial charge is 0.464 e. The van der Waals surface area contributed by atoms with E-state index in [9.17, 15) is 27.2 Å². The SMILES string of the molecule is COC(=O)/C(=N\Nc1ccc(OC(F)(F)F)cc1)C(=O)c1c(F)cccc1Br.